The molecule has 66 valence electrons. The zero-order chi connectivity index (χ0) is 9.10. The Morgan fingerprint density at radius 3 is 2.85 bits per heavy atom. The van der Waals surface area contributed by atoms with Crippen LogP contribution in [0.4, 0.5) is 11.5 Å². The molecule has 2 aromatic rings. The molecule has 0 radical (unpaired) electrons. The van der Waals surface area contributed by atoms with Crippen LogP contribution in [0.1, 0.15) is 0 Å². The van der Waals surface area contributed by atoms with Crippen LogP contribution in [-0.2, 0) is 0 Å². The lowest BCUT2D eigenvalue weighted by Gasteiger charge is -2.00. The van der Waals surface area contributed by atoms with Crippen LogP contribution in [0.3, 0.4) is 0 Å². The van der Waals surface area contributed by atoms with Crippen LogP contribution in [0.25, 0.3) is 0 Å². The summed E-state index contributed by atoms with van der Waals surface area (Å²) in [7, 11) is 0. The maximum atomic E-state index is 5.59. The Balaban J connectivity index is 2.15. The van der Waals surface area contributed by atoms with Crippen molar-refractivity contribution in [3.8, 4) is 0 Å². The highest BCUT2D eigenvalue weighted by molar-refractivity contribution is 7.08. The fourth-order valence-electron chi connectivity index (χ4n) is 0.860. The van der Waals surface area contributed by atoms with Crippen LogP contribution in [0, 0.1) is 0 Å². The third-order valence-electron chi connectivity index (χ3n) is 1.41. The number of nitrogens with one attached hydrogen (secondary N) is 1. The van der Waals surface area contributed by atoms with E-state index in [1.165, 1.54) is 6.20 Å². The van der Waals surface area contributed by atoms with Crippen molar-refractivity contribution < 1.29 is 0 Å². The normalized spacial score (nSPS) is 9.92. The molecule has 0 aliphatic rings. The third kappa shape index (κ3) is 2.17. The Morgan fingerprint density at radius 1 is 1.31 bits per heavy atom. The van der Waals surface area contributed by atoms with Crippen LogP contribution < -0.4 is 5.32 Å². The van der Waals surface area contributed by atoms with Gasteiger partial charge in [-0.1, -0.05) is 11.6 Å². The first kappa shape index (κ1) is 8.47. The van der Waals surface area contributed by atoms with Crippen LogP contribution in [-0.4, -0.2) is 9.97 Å². The summed E-state index contributed by atoms with van der Waals surface area (Å²) in [6.07, 6.45) is 3.11. The molecule has 2 rings (SSSR count). The molecule has 0 spiro atoms. The number of halogens is 1. The molecule has 0 saturated carbocycles. The lowest BCUT2D eigenvalue weighted by molar-refractivity contribution is 1.20. The van der Waals surface area contributed by atoms with E-state index in [1.54, 1.807) is 17.5 Å². The molecule has 0 amide bonds. The summed E-state index contributed by atoms with van der Waals surface area (Å²) in [6, 6.07) is 1.97. The second-order valence-corrected chi connectivity index (χ2v) is 3.53. The van der Waals surface area contributed by atoms with E-state index in [4.69, 9.17) is 11.6 Å². The smallest absolute Gasteiger partial charge is 0.149 e. The zero-order valence-corrected chi connectivity index (χ0v) is 8.14. The van der Waals surface area contributed by atoms with Crippen molar-refractivity contribution in [2.24, 2.45) is 0 Å². The molecule has 2 aromatic heterocycles. The molecular formula is C8H6ClN3S. The number of hydrogen-bond donors (Lipinski definition) is 1. The highest BCUT2D eigenvalue weighted by atomic mass is 35.5. The fourth-order valence-corrected chi connectivity index (χ4v) is 1.55. The SMILES string of the molecule is Clc1cnc(Nc2ccsc2)cn1. The largest absolute Gasteiger partial charge is 0.338 e. The standard InChI is InChI=1S/C8H6ClN3S/c9-7-3-11-8(4-10-7)12-6-1-2-13-5-6/h1-5H,(H,11,12). The van der Waals surface area contributed by atoms with E-state index in [0.29, 0.717) is 11.0 Å². The Bertz CT molecular complexity index is 371. The van der Waals surface area contributed by atoms with Crippen molar-refractivity contribution in [1.29, 1.82) is 0 Å². The minimum atomic E-state index is 0.399. The third-order valence-corrected chi connectivity index (χ3v) is 2.29. The summed E-state index contributed by atoms with van der Waals surface area (Å²) in [5.41, 5.74) is 1.02. The van der Waals surface area contributed by atoms with Gasteiger partial charge in [0.05, 0.1) is 18.1 Å². The number of rotatable bonds is 2. The number of hydrogen-bond acceptors (Lipinski definition) is 4. The molecule has 5 heteroatoms. The summed E-state index contributed by atoms with van der Waals surface area (Å²) < 4.78 is 0. The second-order valence-electron chi connectivity index (χ2n) is 2.36. The van der Waals surface area contributed by atoms with Gasteiger partial charge in [0, 0.05) is 5.38 Å². The monoisotopic (exact) mass is 211 g/mol. The van der Waals surface area contributed by atoms with Crippen LogP contribution >= 0.6 is 22.9 Å². The molecule has 0 fully saturated rings. The predicted octanol–water partition coefficient (Wildman–Crippen LogP) is 2.94. The molecule has 0 aliphatic heterocycles. The Labute approximate surface area is 84.4 Å². The van der Waals surface area contributed by atoms with Crippen molar-refractivity contribution >= 4 is 34.4 Å². The molecule has 1 N–H and O–H groups in total. The number of anilines is 2. The molecule has 0 bridgehead atoms. The van der Waals surface area contributed by atoms with Gasteiger partial charge in [0.1, 0.15) is 11.0 Å². The van der Waals surface area contributed by atoms with E-state index in [1.807, 2.05) is 16.8 Å². The lowest BCUT2D eigenvalue weighted by Crippen LogP contribution is -1.92. The first-order chi connectivity index (χ1) is 6.34. The number of thiophene rings is 1. The molecule has 13 heavy (non-hydrogen) atoms. The molecule has 0 aromatic carbocycles. The van der Waals surface area contributed by atoms with Crippen molar-refractivity contribution in [2.75, 3.05) is 5.32 Å². The van der Waals surface area contributed by atoms with E-state index in [9.17, 15) is 0 Å². The molecule has 0 atom stereocenters. The summed E-state index contributed by atoms with van der Waals surface area (Å²) in [5, 5.41) is 7.48. The molecule has 0 aliphatic carbocycles. The maximum absolute atomic E-state index is 5.59. The van der Waals surface area contributed by atoms with Crippen molar-refractivity contribution in [3.63, 3.8) is 0 Å². The van der Waals surface area contributed by atoms with E-state index in [2.05, 4.69) is 15.3 Å². The van der Waals surface area contributed by atoms with Gasteiger partial charge in [-0.05, 0) is 11.4 Å². The van der Waals surface area contributed by atoms with Crippen LogP contribution in [0.5, 0.6) is 0 Å². The zero-order valence-electron chi connectivity index (χ0n) is 6.57. The van der Waals surface area contributed by atoms with Gasteiger partial charge in [0.2, 0.25) is 0 Å². The molecule has 3 nitrogen and oxygen atoms in total. The van der Waals surface area contributed by atoms with Crippen LogP contribution in [0.15, 0.2) is 29.2 Å². The van der Waals surface area contributed by atoms with Gasteiger partial charge >= 0.3 is 0 Å². The van der Waals surface area contributed by atoms with E-state index < -0.39 is 0 Å². The first-order valence-electron chi connectivity index (χ1n) is 3.61. The maximum Gasteiger partial charge on any atom is 0.149 e. The Hall–Kier alpha value is -1.13. The lowest BCUT2D eigenvalue weighted by atomic mass is 10.5. The second kappa shape index (κ2) is 3.72. The predicted molar refractivity (Wildman–Crippen MR) is 54.6 cm³/mol. The highest BCUT2D eigenvalue weighted by Crippen LogP contribution is 2.16. The topological polar surface area (TPSA) is 37.8 Å². The fraction of sp³-hybridized carbons (Fsp3) is 0. The number of aromatic nitrogens is 2. The quantitative estimate of drug-likeness (QED) is 0.830. The van der Waals surface area contributed by atoms with Gasteiger partial charge in [-0.3, -0.25) is 0 Å². The Kier molecular flexibility index (Phi) is 2.42. The number of nitrogens with zero attached hydrogens (tertiary/aromatic N) is 2. The van der Waals surface area contributed by atoms with Gasteiger partial charge in [-0.15, -0.1) is 0 Å². The minimum Gasteiger partial charge on any atom is -0.338 e. The van der Waals surface area contributed by atoms with Gasteiger partial charge in [-0.2, -0.15) is 11.3 Å². The summed E-state index contributed by atoms with van der Waals surface area (Å²) in [4.78, 5) is 7.96. The van der Waals surface area contributed by atoms with Gasteiger partial charge in [-0.25, -0.2) is 9.97 Å². The van der Waals surface area contributed by atoms with E-state index in [0.717, 1.165) is 5.69 Å². The Morgan fingerprint density at radius 2 is 2.23 bits per heavy atom. The van der Waals surface area contributed by atoms with Crippen molar-refractivity contribution in [1.82, 2.24) is 9.97 Å². The van der Waals surface area contributed by atoms with Gasteiger partial charge < -0.3 is 5.32 Å². The average Bonchev–Trinajstić information content (AvgIpc) is 2.62. The van der Waals surface area contributed by atoms with Crippen molar-refractivity contribution in [2.45, 2.75) is 0 Å². The summed E-state index contributed by atoms with van der Waals surface area (Å²) >= 11 is 7.22. The average molecular weight is 212 g/mol. The molecular weight excluding hydrogens is 206 g/mol. The highest BCUT2D eigenvalue weighted by Gasteiger charge is 1.96. The first-order valence-corrected chi connectivity index (χ1v) is 4.93. The van der Waals surface area contributed by atoms with Gasteiger partial charge in [0.25, 0.3) is 0 Å². The molecule has 2 heterocycles. The van der Waals surface area contributed by atoms with Crippen LogP contribution in [0.2, 0.25) is 5.15 Å². The molecule has 0 unspecified atom stereocenters. The molecule has 0 saturated heterocycles. The summed E-state index contributed by atoms with van der Waals surface area (Å²) in [6.45, 7) is 0. The van der Waals surface area contributed by atoms with Crippen molar-refractivity contribution in [3.05, 3.63) is 34.4 Å². The van der Waals surface area contributed by atoms with E-state index >= 15 is 0 Å². The summed E-state index contributed by atoms with van der Waals surface area (Å²) in [5.74, 6) is 0.697. The minimum absolute atomic E-state index is 0.399. The van der Waals surface area contributed by atoms with E-state index in [-0.39, 0.29) is 0 Å². The van der Waals surface area contributed by atoms with Gasteiger partial charge in [0.15, 0.2) is 0 Å².